The lowest BCUT2D eigenvalue weighted by molar-refractivity contribution is 0.0696. The first-order valence-corrected chi connectivity index (χ1v) is 7.47. The maximum atomic E-state index is 12.0. The van der Waals surface area contributed by atoms with Crippen molar-refractivity contribution in [3.8, 4) is 0 Å². The minimum absolute atomic E-state index is 0.0850. The molecule has 1 aromatic carbocycles. The van der Waals surface area contributed by atoms with Gasteiger partial charge >= 0.3 is 5.97 Å². The van der Waals surface area contributed by atoms with Crippen LogP contribution in [0.2, 0.25) is 0 Å². The number of carboxylic acids is 1. The summed E-state index contributed by atoms with van der Waals surface area (Å²) < 4.78 is 26.4. The summed E-state index contributed by atoms with van der Waals surface area (Å²) in [6.07, 6.45) is 1.55. The van der Waals surface area contributed by atoms with E-state index in [1.54, 1.807) is 13.1 Å². The molecule has 0 radical (unpaired) electrons. The molecule has 0 aliphatic carbocycles. The van der Waals surface area contributed by atoms with Crippen molar-refractivity contribution < 1.29 is 18.3 Å². The van der Waals surface area contributed by atoms with Crippen molar-refractivity contribution in [2.24, 2.45) is 0 Å². The number of thiazole rings is 1. The van der Waals surface area contributed by atoms with E-state index in [2.05, 4.69) is 9.71 Å². The van der Waals surface area contributed by atoms with Gasteiger partial charge in [-0.25, -0.2) is 18.2 Å². The van der Waals surface area contributed by atoms with Gasteiger partial charge in [0, 0.05) is 11.1 Å². The minimum Gasteiger partial charge on any atom is -0.478 e. The van der Waals surface area contributed by atoms with E-state index in [1.165, 1.54) is 29.5 Å². The summed E-state index contributed by atoms with van der Waals surface area (Å²) in [5.74, 6) is -1.18. The quantitative estimate of drug-likeness (QED) is 0.899. The van der Waals surface area contributed by atoms with E-state index >= 15 is 0 Å². The second-order valence-corrected chi connectivity index (χ2v) is 6.63. The molecule has 8 heteroatoms. The van der Waals surface area contributed by atoms with Crippen LogP contribution in [0.1, 0.15) is 15.2 Å². The number of hydrogen-bond donors (Lipinski definition) is 2. The zero-order chi connectivity index (χ0) is 14.0. The van der Waals surface area contributed by atoms with Gasteiger partial charge in [0.2, 0.25) is 0 Å². The van der Waals surface area contributed by atoms with Crippen LogP contribution in [-0.4, -0.2) is 24.5 Å². The van der Waals surface area contributed by atoms with Crippen molar-refractivity contribution in [3.05, 3.63) is 40.9 Å². The Bertz CT molecular complexity index is 722. The molecule has 0 unspecified atom stereocenters. The maximum absolute atomic E-state index is 12.0. The summed E-state index contributed by atoms with van der Waals surface area (Å²) in [6.45, 7) is 1.81. The van der Waals surface area contributed by atoms with Gasteiger partial charge in [-0.3, -0.25) is 4.72 Å². The number of aromatic nitrogens is 1. The van der Waals surface area contributed by atoms with Crippen LogP contribution in [0.4, 0.5) is 5.13 Å². The first kappa shape index (κ1) is 13.5. The number of benzene rings is 1. The van der Waals surface area contributed by atoms with Crippen molar-refractivity contribution in [2.75, 3.05) is 4.72 Å². The monoisotopic (exact) mass is 298 g/mol. The Morgan fingerprint density at radius 3 is 2.74 bits per heavy atom. The Kier molecular flexibility index (Phi) is 3.54. The normalized spacial score (nSPS) is 11.2. The highest BCUT2D eigenvalue weighted by Gasteiger charge is 2.17. The van der Waals surface area contributed by atoms with Crippen LogP contribution < -0.4 is 4.72 Å². The standard InChI is InChI=1S/C11H10N2O4S2/c1-7-6-12-11(18-7)13-19(16,17)9-4-2-3-8(5-9)10(14)15/h2-6H,1H3,(H,12,13)(H,14,15). The van der Waals surface area contributed by atoms with E-state index < -0.39 is 16.0 Å². The van der Waals surface area contributed by atoms with Crippen LogP contribution >= 0.6 is 11.3 Å². The average Bonchev–Trinajstić information content (AvgIpc) is 2.74. The summed E-state index contributed by atoms with van der Waals surface area (Å²) in [4.78, 5) is 15.5. The van der Waals surface area contributed by atoms with Gasteiger partial charge in [0.1, 0.15) is 0 Å². The van der Waals surface area contributed by atoms with Gasteiger partial charge in [0.05, 0.1) is 10.5 Å². The number of rotatable bonds is 4. The molecule has 19 heavy (non-hydrogen) atoms. The molecule has 0 saturated carbocycles. The Morgan fingerprint density at radius 1 is 1.42 bits per heavy atom. The molecular weight excluding hydrogens is 288 g/mol. The second-order valence-electron chi connectivity index (χ2n) is 3.71. The molecule has 6 nitrogen and oxygen atoms in total. The third-order valence-corrected chi connectivity index (χ3v) is 4.53. The molecule has 2 aromatic rings. The first-order valence-electron chi connectivity index (χ1n) is 5.17. The number of nitrogens with one attached hydrogen (secondary N) is 1. The number of nitrogens with zero attached hydrogens (tertiary/aromatic N) is 1. The zero-order valence-corrected chi connectivity index (χ0v) is 11.5. The van der Waals surface area contributed by atoms with Crippen LogP contribution in [-0.2, 0) is 10.0 Å². The summed E-state index contributed by atoms with van der Waals surface area (Å²) in [5, 5.41) is 9.09. The van der Waals surface area contributed by atoms with Crippen molar-refractivity contribution in [2.45, 2.75) is 11.8 Å². The van der Waals surface area contributed by atoms with Crippen molar-refractivity contribution in [3.63, 3.8) is 0 Å². The van der Waals surface area contributed by atoms with Crippen LogP contribution in [0.25, 0.3) is 0 Å². The summed E-state index contributed by atoms with van der Waals surface area (Å²) in [5.41, 5.74) is -0.0850. The van der Waals surface area contributed by atoms with Crippen molar-refractivity contribution >= 4 is 32.5 Å². The molecule has 0 saturated heterocycles. The third kappa shape index (κ3) is 3.09. The van der Waals surface area contributed by atoms with Crippen LogP contribution in [0.3, 0.4) is 0 Å². The number of aromatic carboxylic acids is 1. The van der Waals surface area contributed by atoms with Crippen molar-refractivity contribution in [1.29, 1.82) is 0 Å². The van der Waals surface area contributed by atoms with Gasteiger partial charge in [0.25, 0.3) is 10.0 Å². The Hall–Kier alpha value is -1.93. The Morgan fingerprint density at radius 2 is 2.16 bits per heavy atom. The average molecular weight is 298 g/mol. The van der Waals surface area contributed by atoms with E-state index in [-0.39, 0.29) is 15.6 Å². The molecule has 0 fully saturated rings. The fraction of sp³-hybridized carbons (Fsp3) is 0.0909. The van der Waals surface area contributed by atoms with Crippen LogP contribution in [0.15, 0.2) is 35.4 Å². The zero-order valence-electron chi connectivity index (χ0n) is 9.82. The minimum atomic E-state index is -3.82. The molecule has 100 valence electrons. The molecule has 1 aromatic heterocycles. The topological polar surface area (TPSA) is 96.4 Å². The molecule has 2 rings (SSSR count). The lowest BCUT2D eigenvalue weighted by Crippen LogP contribution is -2.13. The largest absolute Gasteiger partial charge is 0.478 e. The highest BCUT2D eigenvalue weighted by Crippen LogP contribution is 2.21. The molecule has 2 N–H and O–H groups in total. The fourth-order valence-corrected chi connectivity index (χ4v) is 3.32. The molecule has 1 heterocycles. The van der Waals surface area contributed by atoms with Gasteiger partial charge in [0.15, 0.2) is 5.13 Å². The number of carboxylic acid groups (broad SMARTS) is 1. The van der Waals surface area contributed by atoms with E-state index in [0.29, 0.717) is 0 Å². The molecule has 0 amide bonds. The molecule has 0 spiro atoms. The molecule has 0 atom stereocenters. The highest BCUT2D eigenvalue weighted by atomic mass is 32.2. The summed E-state index contributed by atoms with van der Waals surface area (Å²) >= 11 is 1.20. The number of hydrogen-bond acceptors (Lipinski definition) is 5. The molecular formula is C11H10N2O4S2. The van der Waals surface area contributed by atoms with Crippen LogP contribution in [0.5, 0.6) is 0 Å². The number of sulfonamides is 1. The predicted octanol–water partition coefficient (Wildman–Crippen LogP) is 1.95. The smallest absolute Gasteiger partial charge is 0.335 e. The van der Waals surface area contributed by atoms with E-state index in [9.17, 15) is 13.2 Å². The lowest BCUT2D eigenvalue weighted by atomic mass is 10.2. The number of anilines is 1. The Balaban J connectivity index is 2.34. The van der Waals surface area contributed by atoms with Gasteiger partial charge in [-0.15, -0.1) is 11.3 Å². The van der Waals surface area contributed by atoms with E-state index in [1.807, 2.05) is 0 Å². The fourth-order valence-electron chi connectivity index (χ4n) is 1.37. The van der Waals surface area contributed by atoms with Gasteiger partial charge in [-0.1, -0.05) is 6.07 Å². The number of carbonyl (C=O) groups is 1. The lowest BCUT2D eigenvalue weighted by Gasteiger charge is -2.05. The molecule has 0 bridgehead atoms. The highest BCUT2D eigenvalue weighted by molar-refractivity contribution is 7.93. The van der Waals surface area contributed by atoms with Gasteiger partial charge < -0.3 is 5.11 Å². The third-order valence-electron chi connectivity index (χ3n) is 2.23. The van der Waals surface area contributed by atoms with Crippen molar-refractivity contribution in [1.82, 2.24) is 4.98 Å². The van der Waals surface area contributed by atoms with E-state index in [4.69, 9.17) is 5.11 Å². The van der Waals surface area contributed by atoms with E-state index in [0.717, 1.165) is 10.9 Å². The Labute approximate surface area is 113 Å². The summed E-state index contributed by atoms with van der Waals surface area (Å²) in [6, 6.07) is 5.14. The molecule has 0 aliphatic heterocycles. The van der Waals surface area contributed by atoms with Gasteiger partial charge in [-0.05, 0) is 25.1 Å². The summed E-state index contributed by atoms with van der Waals surface area (Å²) in [7, 11) is -3.82. The second kappa shape index (κ2) is 4.98. The maximum Gasteiger partial charge on any atom is 0.335 e. The first-order chi connectivity index (χ1) is 8.88. The number of aryl methyl sites for hydroxylation is 1. The molecule has 0 aliphatic rings. The SMILES string of the molecule is Cc1cnc(NS(=O)(=O)c2cccc(C(=O)O)c2)s1. The van der Waals surface area contributed by atoms with Crippen LogP contribution in [0, 0.1) is 6.92 Å². The predicted molar refractivity (Wildman–Crippen MR) is 71.1 cm³/mol. The van der Waals surface area contributed by atoms with Gasteiger partial charge in [-0.2, -0.15) is 0 Å².